The molecule has 0 fully saturated rings. The Hall–Kier alpha value is -4.62. The minimum Gasteiger partial charge on any atom is -0.481 e. The topological polar surface area (TPSA) is 343 Å². The number of allylic oxidation sites excluding steroid dienone is 3. The maximum Gasteiger partial charge on any atom is 0.303 e. The fourth-order valence-electron chi connectivity index (χ4n) is 10.4. The molecule has 3 unspecified atom stereocenters. The lowest BCUT2D eigenvalue weighted by molar-refractivity contribution is -0.137. The SMILES string of the molecule is CCN1c2ccc3c(S(=O)(=O)O)cc(S(=O)(=O)O)cc3c2C(C)(CCCS(=O)(=O)O)C1C=CC=C1N(CCCCCC(=O)O)c2ccc3c(S(=O)(=O)O)cc(S(=O)(=O)O)cc3c2C1(C)CCOCCOCCOC. The van der Waals surface area contributed by atoms with Crippen LogP contribution in [0, 0.1) is 0 Å². The van der Waals surface area contributed by atoms with Crippen LogP contribution in [-0.4, -0.2) is 141 Å². The number of aliphatic carboxylic acids is 1. The van der Waals surface area contributed by atoms with Gasteiger partial charge in [0, 0.05) is 71.9 Å². The summed E-state index contributed by atoms with van der Waals surface area (Å²) >= 11 is 0. The Labute approximate surface area is 430 Å². The van der Waals surface area contributed by atoms with Gasteiger partial charge < -0.3 is 29.1 Å². The first-order valence-electron chi connectivity index (χ1n) is 23.3. The van der Waals surface area contributed by atoms with Crippen molar-refractivity contribution in [3.8, 4) is 0 Å². The monoisotopic (exact) mass is 1130 g/mol. The summed E-state index contributed by atoms with van der Waals surface area (Å²) in [5, 5.41) is 9.24. The molecule has 2 aliphatic rings. The van der Waals surface area contributed by atoms with E-state index in [4.69, 9.17) is 14.2 Å². The van der Waals surface area contributed by atoms with Crippen LogP contribution in [0.5, 0.6) is 0 Å². The molecule has 74 heavy (non-hydrogen) atoms. The molecule has 2 heterocycles. The predicted molar refractivity (Wildman–Crippen MR) is 273 cm³/mol. The number of benzene rings is 4. The summed E-state index contributed by atoms with van der Waals surface area (Å²) in [6.07, 6.45) is 6.32. The molecule has 0 aliphatic carbocycles. The molecule has 0 amide bonds. The lowest BCUT2D eigenvalue weighted by Crippen LogP contribution is -2.42. The zero-order valence-electron chi connectivity index (χ0n) is 40.9. The summed E-state index contributed by atoms with van der Waals surface area (Å²) in [6, 6.07) is 8.64. The molecule has 6 rings (SSSR count). The van der Waals surface area contributed by atoms with Gasteiger partial charge in [0.15, 0.2) is 0 Å². The van der Waals surface area contributed by atoms with E-state index in [1.165, 1.54) is 19.2 Å². The summed E-state index contributed by atoms with van der Waals surface area (Å²) in [6.45, 7) is 6.91. The number of carboxylic acid groups (broad SMARTS) is 1. The second-order valence-electron chi connectivity index (χ2n) is 18.5. The number of anilines is 2. The minimum absolute atomic E-state index is 0.00435. The Kier molecular flexibility index (Phi) is 17.9. The molecular formula is C47H60N2O20S5. The van der Waals surface area contributed by atoms with Gasteiger partial charge in [-0.05, 0) is 110 Å². The number of rotatable bonds is 26. The van der Waals surface area contributed by atoms with E-state index in [-0.39, 0.29) is 80.1 Å². The van der Waals surface area contributed by atoms with Gasteiger partial charge in [0.2, 0.25) is 0 Å². The second kappa shape index (κ2) is 22.5. The first-order chi connectivity index (χ1) is 34.4. The van der Waals surface area contributed by atoms with E-state index < -0.39 is 98.8 Å². The quantitative estimate of drug-likeness (QED) is 0.0308. The van der Waals surface area contributed by atoms with Crippen LogP contribution in [0.2, 0.25) is 0 Å². The molecule has 4 aromatic rings. The smallest absolute Gasteiger partial charge is 0.303 e. The van der Waals surface area contributed by atoms with Crippen molar-refractivity contribution in [2.24, 2.45) is 0 Å². The Morgan fingerprint density at radius 2 is 1.19 bits per heavy atom. The van der Waals surface area contributed by atoms with Crippen LogP contribution >= 0.6 is 0 Å². The van der Waals surface area contributed by atoms with E-state index >= 15 is 0 Å². The zero-order valence-corrected chi connectivity index (χ0v) is 45.0. The molecule has 22 nitrogen and oxygen atoms in total. The molecule has 3 atom stereocenters. The summed E-state index contributed by atoms with van der Waals surface area (Å²) < 4.78 is 194. The molecule has 2 aliphatic heterocycles. The minimum atomic E-state index is -5.12. The molecular weight excluding hydrogens is 1070 g/mol. The third kappa shape index (κ3) is 12.8. The lowest BCUT2D eigenvalue weighted by atomic mass is 9.73. The third-order valence-electron chi connectivity index (χ3n) is 13.6. The first kappa shape index (κ1) is 58.6. The molecule has 0 saturated heterocycles. The maximum absolute atomic E-state index is 12.9. The number of hydrogen-bond acceptors (Lipinski definition) is 16. The van der Waals surface area contributed by atoms with Gasteiger partial charge in [-0.25, -0.2) is 0 Å². The molecule has 408 valence electrons. The van der Waals surface area contributed by atoms with E-state index in [2.05, 4.69) is 0 Å². The molecule has 0 spiro atoms. The van der Waals surface area contributed by atoms with Crippen LogP contribution in [0.3, 0.4) is 0 Å². The Balaban J connectivity index is 1.60. The molecule has 0 bridgehead atoms. The number of carboxylic acids is 1. The van der Waals surface area contributed by atoms with Gasteiger partial charge in [-0.15, -0.1) is 0 Å². The van der Waals surface area contributed by atoms with E-state index in [0.717, 1.165) is 12.1 Å². The van der Waals surface area contributed by atoms with Crippen molar-refractivity contribution in [2.75, 3.05) is 68.8 Å². The fraction of sp³-hybridized carbons (Fsp3) is 0.468. The second-order valence-corrected chi connectivity index (χ2v) is 25.7. The van der Waals surface area contributed by atoms with Gasteiger partial charge >= 0.3 is 5.97 Å². The summed E-state index contributed by atoms with van der Waals surface area (Å²) in [4.78, 5) is 12.0. The average molecular weight is 1130 g/mol. The first-order valence-corrected chi connectivity index (χ1v) is 30.6. The van der Waals surface area contributed by atoms with Gasteiger partial charge in [-0.2, -0.15) is 42.1 Å². The van der Waals surface area contributed by atoms with Crippen molar-refractivity contribution in [3.63, 3.8) is 0 Å². The molecule has 0 aromatic heterocycles. The number of likely N-dealkylation sites (N-methyl/N-ethyl adjacent to an activating group) is 1. The number of unbranched alkanes of at least 4 members (excludes halogenated alkanes) is 2. The van der Waals surface area contributed by atoms with Gasteiger partial charge in [0.25, 0.3) is 50.6 Å². The Bertz CT molecular complexity index is 3450. The van der Waals surface area contributed by atoms with Crippen LogP contribution in [0.15, 0.2) is 92.0 Å². The van der Waals surface area contributed by atoms with Crippen molar-refractivity contribution in [2.45, 2.75) is 102 Å². The number of carbonyl (C=O) groups is 1. The van der Waals surface area contributed by atoms with Crippen molar-refractivity contribution < 1.29 is 89.0 Å². The van der Waals surface area contributed by atoms with Crippen LogP contribution < -0.4 is 9.80 Å². The number of fused-ring (bicyclic) bond motifs is 6. The van der Waals surface area contributed by atoms with Gasteiger partial charge in [0.1, 0.15) is 9.79 Å². The molecule has 0 radical (unpaired) electrons. The van der Waals surface area contributed by atoms with Crippen LogP contribution in [0.1, 0.15) is 76.8 Å². The van der Waals surface area contributed by atoms with Crippen LogP contribution in [-0.2, 0) is 80.4 Å². The molecule has 4 aromatic carbocycles. The average Bonchev–Trinajstić information content (AvgIpc) is 3.67. The normalized spacial score (nSPS) is 20.1. The number of hydrogen-bond donors (Lipinski definition) is 6. The molecule has 0 saturated carbocycles. The van der Waals surface area contributed by atoms with Crippen molar-refractivity contribution in [1.29, 1.82) is 0 Å². The number of ether oxygens (including phenoxy) is 3. The highest BCUT2D eigenvalue weighted by Crippen LogP contribution is 2.55. The highest BCUT2D eigenvalue weighted by molar-refractivity contribution is 7.87. The van der Waals surface area contributed by atoms with Crippen molar-refractivity contribution >= 4 is 89.5 Å². The number of nitrogens with zero attached hydrogens (tertiary/aromatic N) is 2. The standard InChI is InChI=1S/C47H60N2O20S5/c1-5-48-37-16-14-33-35(27-31(71(55,56)57)29-39(33)73(61,62)63)44(37)46(2,18-10-26-70(52,53)54)41(48)11-9-12-42-47(3,19-21-68-24-25-69-23-22-67-4)45-36-28-32(72(58,59)60)30-40(74(64,65)66)34(36)15-17-38(45)49(42)20-8-6-7-13-43(50)51/h9,11-12,14-17,27-30,41H,5-8,10,13,18-26H2,1-4H3,(H,50,51)(H,52,53,54)(H,55,56,57)(H,58,59,60)(H,61,62,63)(H,64,65,66). The fourth-order valence-corrected chi connectivity index (χ4v) is 13.5. The molecule has 6 N–H and O–H groups in total. The van der Waals surface area contributed by atoms with Crippen molar-refractivity contribution in [3.05, 3.63) is 83.6 Å². The van der Waals surface area contributed by atoms with Gasteiger partial charge in [-0.3, -0.25) is 27.6 Å². The van der Waals surface area contributed by atoms with Gasteiger partial charge in [0.05, 0.1) is 48.0 Å². The summed E-state index contributed by atoms with van der Waals surface area (Å²) in [5.41, 5.74) is -0.252. The van der Waals surface area contributed by atoms with E-state index in [0.29, 0.717) is 72.8 Å². The van der Waals surface area contributed by atoms with E-state index in [1.54, 1.807) is 37.3 Å². The zero-order chi connectivity index (χ0) is 54.8. The van der Waals surface area contributed by atoms with E-state index in [9.17, 15) is 74.8 Å². The number of methoxy groups -OCH3 is 1. The summed E-state index contributed by atoms with van der Waals surface area (Å²) in [5.74, 6) is -1.67. The largest absolute Gasteiger partial charge is 0.481 e. The predicted octanol–water partition coefficient (Wildman–Crippen LogP) is 6.05. The Morgan fingerprint density at radius 3 is 1.70 bits per heavy atom. The van der Waals surface area contributed by atoms with Gasteiger partial charge in [-0.1, -0.05) is 37.6 Å². The van der Waals surface area contributed by atoms with Crippen molar-refractivity contribution in [1.82, 2.24) is 0 Å². The van der Waals surface area contributed by atoms with Crippen LogP contribution in [0.4, 0.5) is 11.4 Å². The van der Waals surface area contributed by atoms with E-state index in [1.807, 2.05) is 23.6 Å². The highest BCUT2D eigenvalue weighted by atomic mass is 32.2. The summed E-state index contributed by atoms with van der Waals surface area (Å²) in [7, 11) is -23.4. The third-order valence-corrected chi connectivity index (χ3v) is 17.9. The maximum atomic E-state index is 12.9. The molecule has 27 heteroatoms. The Morgan fingerprint density at radius 1 is 0.649 bits per heavy atom. The lowest BCUT2D eigenvalue weighted by Gasteiger charge is -2.35. The van der Waals surface area contributed by atoms with Crippen LogP contribution in [0.25, 0.3) is 21.5 Å². The highest BCUT2D eigenvalue weighted by Gasteiger charge is 2.48.